The highest BCUT2D eigenvalue weighted by molar-refractivity contribution is 6.37. The molecule has 3 aromatic rings. The van der Waals surface area contributed by atoms with E-state index in [-0.39, 0.29) is 11.8 Å². The molecule has 0 aromatic heterocycles. The molecule has 3 aromatic carbocycles. The fourth-order valence-corrected chi connectivity index (χ4v) is 4.69. The van der Waals surface area contributed by atoms with Gasteiger partial charge in [0.1, 0.15) is 0 Å². The van der Waals surface area contributed by atoms with E-state index in [2.05, 4.69) is 60.6 Å². The summed E-state index contributed by atoms with van der Waals surface area (Å²) in [6.45, 7) is 10.1. The number of benzene rings is 3. The molecule has 0 saturated carbocycles. The van der Waals surface area contributed by atoms with Gasteiger partial charge in [0, 0.05) is 42.6 Å². The summed E-state index contributed by atoms with van der Waals surface area (Å²) in [5.41, 5.74) is 6.29. The third-order valence-electron chi connectivity index (χ3n) is 7.04. The first kappa shape index (κ1) is 27.1. The van der Waals surface area contributed by atoms with E-state index in [0.29, 0.717) is 29.1 Å². The molecule has 0 radical (unpaired) electrons. The van der Waals surface area contributed by atoms with Crippen LogP contribution >= 0.6 is 0 Å². The minimum Gasteiger partial charge on any atom is -0.354 e. The first-order chi connectivity index (χ1) is 18.4. The van der Waals surface area contributed by atoms with Gasteiger partial charge in [0.05, 0.1) is 11.3 Å². The number of unbranched alkanes of at least 4 members (excludes halogenated alkanes) is 1. The van der Waals surface area contributed by atoms with Gasteiger partial charge in [0.25, 0.3) is 11.8 Å². The normalized spacial score (nSPS) is 13.8. The molecule has 4 rings (SSSR count). The SMILES string of the molecule is CCCCN(C)C(=O)c1ccc2c(c1)C(=C(Nc1ccc(CN(CC)CC)cc1)c1ccccc1)C(=O)N2. The average molecular weight is 511 g/mol. The third kappa shape index (κ3) is 6.14. The summed E-state index contributed by atoms with van der Waals surface area (Å²) in [7, 11) is 1.83. The van der Waals surface area contributed by atoms with Crippen molar-refractivity contribution in [3.63, 3.8) is 0 Å². The summed E-state index contributed by atoms with van der Waals surface area (Å²) in [6.07, 6.45) is 1.98. The van der Waals surface area contributed by atoms with Crippen LogP contribution in [0.1, 0.15) is 60.7 Å². The summed E-state index contributed by atoms with van der Waals surface area (Å²) in [4.78, 5) is 30.5. The van der Waals surface area contributed by atoms with Gasteiger partial charge in [0.2, 0.25) is 0 Å². The summed E-state index contributed by atoms with van der Waals surface area (Å²) in [5, 5.41) is 6.52. The van der Waals surface area contributed by atoms with E-state index >= 15 is 0 Å². The summed E-state index contributed by atoms with van der Waals surface area (Å²) >= 11 is 0. The minimum atomic E-state index is -0.187. The monoisotopic (exact) mass is 510 g/mol. The molecule has 0 atom stereocenters. The zero-order valence-electron chi connectivity index (χ0n) is 22.9. The van der Waals surface area contributed by atoms with Gasteiger partial charge in [0.15, 0.2) is 0 Å². The zero-order valence-corrected chi connectivity index (χ0v) is 22.9. The predicted octanol–water partition coefficient (Wildman–Crippen LogP) is 6.33. The topological polar surface area (TPSA) is 64.7 Å². The van der Waals surface area contributed by atoms with Crippen LogP contribution in [0.5, 0.6) is 0 Å². The maximum atomic E-state index is 13.3. The van der Waals surface area contributed by atoms with Crippen molar-refractivity contribution in [3.8, 4) is 0 Å². The lowest BCUT2D eigenvalue weighted by atomic mass is 9.98. The second-order valence-corrected chi connectivity index (χ2v) is 9.69. The molecule has 0 fully saturated rings. The molecule has 1 aliphatic rings. The van der Waals surface area contributed by atoms with Crippen LogP contribution in [0, 0.1) is 0 Å². The van der Waals surface area contributed by atoms with Crippen molar-refractivity contribution >= 4 is 34.5 Å². The van der Waals surface area contributed by atoms with Crippen LogP contribution in [0.15, 0.2) is 72.8 Å². The van der Waals surface area contributed by atoms with Crippen molar-refractivity contribution in [1.82, 2.24) is 9.80 Å². The molecule has 1 heterocycles. The Labute approximate surface area is 226 Å². The molecular weight excluding hydrogens is 472 g/mol. The Kier molecular flexibility index (Phi) is 8.98. The van der Waals surface area contributed by atoms with E-state index in [4.69, 9.17) is 0 Å². The smallest absolute Gasteiger partial charge is 0.258 e. The molecule has 38 heavy (non-hydrogen) atoms. The highest BCUT2D eigenvalue weighted by Crippen LogP contribution is 2.38. The van der Waals surface area contributed by atoms with Crippen LogP contribution in [-0.4, -0.2) is 48.3 Å². The number of anilines is 2. The first-order valence-corrected chi connectivity index (χ1v) is 13.5. The van der Waals surface area contributed by atoms with Crippen molar-refractivity contribution in [3.05, 3.63) is 95.1 Å². The number of hydrogen-bond donors (Lipinski definition) is 2. The molecule has 2 amide bonds. The minimum absolute atomic E-state index is 0.0436. The number of fused-ring (bicyclic) bond motifs is 1. The second-order valence-electron chi connectivity index (χ2n) is 9.69. The van der Waals surface area contributed by atoms with E-state index in [1.54, 1.807) is 11.0 Å². The lowest BCUT2D eigenvalue weighted by molar-refractivity contribution is -0.110. The predicted molar refractivity (Wildman–Crippen MR) is 157 cm³/mol. The third-order valence-corrected chi connectivity index (χ3v) is 7.04. The molecule has 0 aliphatic carbocycles. The van der Waals surface area contributed by atoms with Gasteiger partial charge in [-0.3, -0.25) is 14.5 Å². The number of amides is 2. The maximum absolute atomic E-state index is 13.3. The number of hydrogen-bond acceptors (Lipinski definition) is 4. The van der Waals surface area contributed by atoms with Crippen molar-refractivity contribution in [2.75, 3.05) is 37.3 Å². The molecule has 0 bridgehead atoms. The van der Waals surface area contributed by atoms with Crippen molar-refractivity contribution in [2.24, 2.45) is 0 Å². The maximum Gasteiger partial charge on any atom is 0.258 e. The van der Waals surface area contributed by atoms with Gasteiger partial charge >= 0.3 is 0 Å². The van der Waals surface area contributed by atoms with E-state index in [0.717, 1.165) is 49.3 Å². The fraction of sp³-hybridized carbons (Fsp3) is 0.312. The molecule has 0 unspecified atom stereocenters. The van der Waals surface area contributed by atoms with Crippen molar-refractivity contribution in [1.29, 1.82) is 0 Å². The van der Waals surface area contributed by atoms with Crippen LogP contribution in [0.25, 0.3) is 11.3 Å². The van der Waals surface area contributed by atoms with E-state index in [1.165, 1.54) is 5.56 Å². The second kappa shape index (κ2) is 12.6. The lowest BCUT2D eigenvalue weighted by Gasteiger charge is -2.19. The van der Waals surface area contributed by atoms with E-state index < -0.39 is 0 Å². The molecule has 0 saturated heterocycles. The summed E-state index contributed by atoms with van der Waals surface area (Å²) in [5.74, 6) is -0.230. The summed E-state index contributed by atoms with van der Waals surface area (Å²) < 4.78 is 0. The molecule has 198 valence electrons. The van der Waals surface area contributed by atoms with Gasteiger partial charge in [-0.2, -0.15) is 0 Å². The highest BCUT2D eigenvalue weighted by Gasteiger charge is 2.29. The van der Waals surface area contributed by atoms with Crippen LogP contribution in [0.2, 0.25) is 0 Å². The van der Waals surface area contributed by atoms with Gasteiger partial charge in [-0.05, 0) is 61.0 Å². The first-order valence-electron chi connectivity index (χ1n) is 13.5. The average Bonchev–Trinajstić information content (AvgIpc) is 3.28. The van der Waals surface area contributed by atoms with E-state index in [9.17, 15) is 9.59 Å². The number of carbonyl (C=O) groups excluding carboxylic acids is 2. The molecule has 2 N–H and O–H groups in total. The Morgan fingerprint density at radius 3 is 2.26 bits per heavy atom. The number of nitrogens with one attached hydrogen (secondary N) is 2. The highest BCUT2D eigenvalue weighted by atomic mass is 16.2. The number of rotatable bonds is 11. The standard InChI is InChI=1S/C32H38N4O2/c1-5-8-20-35(4)32(38)25-16-19-28-27(21-25)29(31(37)34-28)30(24-12-10-9-11-13-24)33-26-17-14-23(15-18-26)22-36(6-2)7-3/h9-19,21,33H,5-8,20,22H2,1-4H3,(H,34,37). The van der Waals surface area contributed by atoms with E-state index in [1.807, 2.05) is 49.5 Å². The Hall–Kier alpha value is -3.90. The Morgan fingerprint density at radius 1 is 0.895 bits per heavy atom. The van der Waals surface area contributed by atoms with Crippen LogP contribution in [0.3, 0.4) is 0 Å². The van der Waals surface area contributed by atoms with Gasteiger partial charge in [-0.25, -0.2) is 0 Å². The zero-order chi connectivity index (χ0) is 27.1. The fourth-order valence-electron chi connectivity index (χ4n) is 4.69. The Morgan fingerprint density at radius 2 is 1.61 bits per heavy atom. The molecule has 6 heteroatoms. The van der Waals surface area contributed by atoms with Gasteiger partial charge in [-0.15, -0.1) is 0 Å². The van der Waals surface area contributed by atoms with Crippen LogP contribution in [-0.2, 0) is 11.3 Å². The molecule has 0 spiro atoms. The lowest BCUT2D eigenvalue weighted by Crippen LogP contribution is -2.27. The van der Waals surface area contributed by atoms with Crippen molar-refractivity contribution in [2.45, 2.75) is 40.2 Å². The van der Waals surface area contributed by atoms with Gasteiger partial charge < -0.3 is 15.5 Å². The molecule has 6 nitrogen and oxygen atoms in total. The van der Waals surface area contributed by atoms with Crippen LogP contribution in [0.4, 0.5) is 11.4 Å². The Bertz CT molecular complexity index is 1290. The van der Waals surface area contributed by atoms with Crippen molar-refractivity contribution < 1.29 is 9.59 Å². The number of carbonyl (C=O) groups is 2. The largest absolute Gasteiger partial charge is 0.354 e. The Balaban J connectivity index is 1.72. The molecule has 1 aliphatic heterocycles. The van der Waals surface area contributed by atoms with Crippen LogP contribution < -0.4 is 10.6 Å². The quantitative estimate of drug-likeness (QED) is 0.296. The molecular formula is C32H38N4O2. The summed E-state index contributed by atoms with van der Waals surface area (Å²) in [6, 6.07) is 23.7. The number of nitrogens with zero attached hydrogens (tertiary/aromatic N) is 2. The van der Waals surface area contributed by atoms with Gasteiger partial charge in [-0.1, -0.05) is 69.7 Å².